The molecule has 0 bridgehead atoms. The molecule has 0 radical (unpaired) electrons. The van der Waals surface area contributed by atoms with Crippen molar-refractivity contribution in [2.45, 2.75) is 31.2 Å². The Morgan fingerprint density at radius 2 is 2.11 bits per heavy atom. The summed E-state index contributed by atoms with van der Waals surface area (Å²) in [7, 11) is 0. The van der Waals surface area contributed by atoms with E-state index in [-0.39, 0.29) is 5.91 Å². The van der Waals surface area contributed by atoms with Gasteiger partial charge in [-0.3, -0.25) is 4.79 Å². The molecule has 0 saturated carbocycles. The third-order valence-electron chi connectivity index (χ3n) is 2.42. The Morgan fingerprint density at radius 1 is 1.39 bits per heavy atom. The molecule has 1 atom stereocenters. The molecule has 0 aromatic heterocycles. The molecule has 1 aromatic rings. The number of carboxylic acids is 1. The SMILES string of the molecule is CCSc1cccc(C(=O)NC(CC)C(=O)O)c1. The summed E-state index contributed by atoms with van der Waals surface area (Å²) in [5, 5.41) is 11.4. The highest BCUT2D eigenvalue weighted by Gasteiger charge is 2.18. The fourth-order valence-corrected chi connectivity index (χ4v) is 2.19. The van der Waals surface area contributed by atoms with E-state index >= 15 is 0 Å². The zero-order valence-electron chi connectivity index (χ0n) is 10.5. The van der Waals surface area contributed by atoms with Crippen molar-refractivity contribution in [3.05, 3.63) is 29.8 Å². The van der Waals surface area contributed by atoms with Gasteiger partial charge in [-0.2, -0.15) is 0 Å². The van der Waals surface area contributed by atoms with Crippen LogP contribution in [0.1, 0.15) is 30.6 Å². The van der Waals surface area contributed by atoms with Crippen molar-refractivity contribution in [1.29, 1.82) is 0 Å². The molecule has 18 heavy (non-hydrogen) atoms. The van der Waals surface area contributed by atoms with Crippen LogP contribution < -0.4 is 5.32 Å². The van der Waals surface area contributed by atoms with Gasteiger partial charge < -0.3 is 10.4 Å². The smallest absolute Gasteiger partial charge is 0.326 e. The molecule has 0 aliphatic carbocycles. The maximum absolute atomic E-state index is 11.9. The van der Waals surface area contributed by atoms with Crippen LogP contribution in [0.5, 0.6) is 0 Å². The van der Waals surface area contributed by atoms with E-state index in [0.717, 1.165) is 10.6 Å². The number of amides is 1. The molecule has 1 amide bonds. The van der Waals surface area contributed by atoms with Crippen molar-refractivity contribution in [3.63, 3.8) is 0 Å². The van der Waals surface area contributed by atoms with Gasteiger partial charge in [-0.25, -0.2) is 4.79 Å². The first-order chi connectivity index (χ1) is 8.58. The van der Waals surface area contributed by atoms with E-state index in [1.54, 1.807) is 36.9 Å². The standard InChI is InChI=1S/C13H17NO3S/c1-3-11(13(16)17)14-12(15)9-6-5-7-10(8-9)18-4-2/h5-8,11H,3-4H2,1-2H3,(H,14,15)(H,16,17). The molecule has 98 valence electrons. The van der Waals surface area contributed by atoms with E-state index in [4.69, 9.17) is 5.11 Å². The second kappa shape index (κ2) is 7.06. The average Bonchev–Trinajstić information content (AvgIpc) is 2.36. The Labute approximate surface area is 111 Å². The molecule has 5 heteroatoms. The second-order valence-corrected chi connectivity index (χ2v) is 5.07. The summed E-state index contributed by atoms with van der Waals surface area (Å²) in [6, 6.07) is 6.36. The average molecular weight is 267 g/mol. The van der Waals surface area contributed by atoms with Gasteiger partial charge in [-0.1, -0.05) is 19.9 Å². The molecule has 0 heterocycles. The van der Waals surface area contributed by atoms with Crippen LogP contribution in [0.4, 0.5) is 0 Å². The van der Waals surface area contributed by atoms with E-state index in [0.29, 0.717) is 12.0 Å². The summed E-state index contributed by atoms with van der Waals surface area (Å²) >= 11 is 1.64. The van der Waals surface area contributed by atoms with Crippen molar-refractivity contribution in [1.82, 2.24) is 5.32 Å². The van der Waals surface area contributed by atoms with E-state index in [1.165, 1.54) is 0 Å². The zero-order valence-corrected chi connectivity index (χ0v) is 11.3. The summed E-state index contributed by atoms with van der Waals surface area (Å²) < 4.78 is 0. The van der Waals surface area contributed by atoms with Crippen molar-refractivity contribution < 1.29 is 14.7 Å². The fraction of sp³-hybridized carbons (Fsp3) is 0.385. The van der Waals surface area contributed by atoms with E-state index < -0.39 is 12.0 Å². The maximum atomic E-state index is 11.9. The van der Waals surface area contributed by atoms with Crippen molar-refractivity contribution in [3.8, 4) is 0 Å². The van der Waals surface area contributed by atoms with Gasteiger partial charge in [0.2, 0.25) is 0 Å². The minimum atomic E-state index is -1.01. The molecular weight excluding hydrogens is 250 g/mol. The molecule has 0 aliphatic heterocycles. The highest BCUT2D eigenvalue weighted by atomic mass is 32.2. The third-order valence-corrected chi connectivity index (χ3v) is 3.29. The van der Waals surface area contributed by atoms with Crippen LogP contribution in [0.3, 0.4) is 0 Å². The fourth-order valence-electron chi connectivity index (χ4n) is 1.47. The number of carbonyl (C=O) groups excluding carboxylic acids is 1. The highest BCUT2D eigenvalue weighted by molar-refractivity contribution is 7.99. The number of carbonyl (C=O) groups is 2. The molecule has 1 rings (SSSR count). The second-order valence-electron chi connectivity index (χ2n) is 3.73. The molecule has 2 N–H and O–H groups in total. The number of carboxylic acid groups (broad SMARTS) is 1. The topological polar surface area (TPSA) is 66.4 Å². The van der Waals surface area contributed by atoms with Crippen LogP contribution in [-0.4, -0.2) is 28.8 Å². The maximum Gasteiger partial charge on any atom is 0.326 e. The number of rotatable bonds is 6. The summed E-state index contributed by atoms with van der Waals surface area (Å²) in [6.45, 7) is 3.76. The van der Waals surface area contributed by atoms with Gasteiger partial charge in [-0.15, -0.1) is 11.8 Å². The van der Waals surface area contributed by atoms with Gasteiger partial charge in [0.15, 0.2) is 0 Å². The van der Waals surface area contributed by atoms with Crippen LogP contribution >= 0.6 is 11.8 Å². The van der Waals surface area contributed by atoms with Gasteiger partial charge in [0, 0.05) is 10.5 Å². The van der Waals surface area contributed by atoms with Crippen molar-refractivity contribution in [2.24, 2.45) is 0 Å². The van der Waals surface area contributed by atoms with E-state index in [1.807, 2.05) is 13.0 Å². The van der Waals surface area contributed by atoms with E-state index in [9.17, 15) is 9.59 Å². The van der Waals surface area contributed by atoms with Gasteiger partial charge in [0.05, 0.1) is 0 Å². The molecule has 0 fully saturated rings. The number of aliphatic carboxylic acids is 1. The highest BCUT2D eigenvalue weighted by Crippen LogP contribution is 2.18. The van der Waals surface area contributed by atoms with E-state index in [2.05, 4.69) is 5.32 Å². The summed E-state index contributed by atoms with van der Waals surface area (Å²) in [5.74, 6) is -0.426. The lowest BCUT2D eigenvalue weighted by molar-refractivity contribution is -0.139. The molecular formula is C13H17NO3S. The summed E-state index contributed by atoms with van der Waals surface area (Å²) in [4.78, 5) is 23.7. The van der Waals surface area contributed by atoms with Gasteiger partial charge in [0.1, 0.15) is 6.04 Å². The quantitative estimate of drug-likeness (QED) is 0.777. The predicted molar refractivity (Wildman–Crippen MR) is 72.0 cm³/mol. The molecule has 0 saturated heterocycles. The Hall–Kier alpha value is -1.49. The van der Waals surface area contributed by atoms with Gasteiger partial charge in [0.25, 0.3) is 5.91 Å². The number of nitrogens with one attached hydrogen (secondary N) is 1. The lowest BCUT2D eigenvalue weighted by Crippen LogP contribution is -2.40. The normalized spacial score (nSPS) is 11.9. The van der Waals surface area contributed by atoms with Gasteiger partial charge in [-0.05, 0) is 30.4 Å². The molecule has 4 nitrogen and oxygen atoms in total. The predicted octanol–water partition coefficient (Wildman–Crippen LogP) is 2.39. The number of thioether (sulfide) groups is 1. The molecule has 1 unspecified atom stereocenters. The Morgan fingerprint density at radius 3 is 2.67 bits per heavy atom. The number of hydrogen-bond donors (Lipinski definition) is 2. The van der Waals surface area contributed by atoms with Crippen molar-refractivity contribution in [2.75, 3.05) is 5.75 Å². The van der Waals surface area contributed by atoms with Gasteiger partial charge >= 0.3 is 5.97 Å². The number of hydrogen-bond acceptors (Lipinski definition) is 3. The Balaban J connectivity index is 2.77. The first-order valence-electron chi connectivity index (χ1n) is 5.85. The molecule has 0 spiro atoms. The van der Waals surface area contributed by atoms with Crippen LogP contribution in [0, 0.1) is 0 Å². The number of benzene rings is 1. The largest absolute Gasteiger partial charge is 0.480 e. The summed E-state index contributed by atoms with van der Waals surface area (Å²) in [5.41, 5.74) is 0.494. The minimum absolute atomic E-state index is 0.345. The molecule has 1 aromatic carbocycles. The van der Waals surface area contributed by atoms with Crippen molar-refractivity contribution >= 4 is 23.6 Å². The first kappa shape index (κ1) is 14.6. The lowest BCUT2D eigenvalue weighted by atomic mass is 10.1. The van der Waals surface area contributed by atoms with Crippen LogP contribution in [0.2, 0.25) is 0 Å². The Kier molecular flexibility index (Phi) is 5.71. The van der Waals surface area contributed by atoms with Crippen LogP contribution in [-0.2, 0) is 4.79 Å². The third kappa shape index (κ3) is 4.07. The minimum Gasteiger partial charge on any atom is -0.480 e. The lowest BCUT2D eigenvalue weighted by Gasteiger charge is -2.12. The summed E-state index contributed by atoms with van der Waals surface area (Å²) in [6.07, 6.45) is 0.366. The van der Waals surface area contributed by atoms with Crippen LogP contribution in [0.15, 0.2) is 29.2 Å². The van der Waals surface area contributed by atoms with Crippen LogP contribution in [0.25, 0.3) is 0 Å². The molecule has 0 aliphatic rings. The first-order valence-corrected chi connectivity index (χ1v) is 6.83. The zero-order chi connectivity index (χ0) is 13.5. The monoisotopic (exact) mass is 267 g/mol. The Bertz CT molecular complexity index is 434.